The molecule has 3 N–H and O–H groups in total. The van der Waals surface area contributed by atoms with Gasteiger partial charge in [-0.2, -0.15) is 0 Å². The fraction of sp³-hybridized carbons (Fsp3) is 0.0833. The monoisotopic (exact) mass is 277 g/mol. The van der Waals surface area contributed by atoms with Gasteiger partial charge in [0, 0.05) is 16.4 Å². The van der Waals surface area contributed by atoms with Crippen molar-refractivity contribution in [2.24, 2.45) is 0 Å². The molecule has 2 aromatic rings. The highest BCUT2D eigenvalue weighted by molar-refractivity contribution is 9.10. The first kappa shape index (κ1) is 11.0. The molecule has 0 aliphatic heterocycles. The Balaban J connectivity index is 2.28. The van der Waals surface area contributed by atoms with E-state index >= 15 is 0 Å². The molecule has 4 heteroatoms. The molecule has 0 saturated heterocycles. The maximum absolute atomic E-state index is 5.75. The van der Waals surface area contributed by atoms with Gasteiger partial charge in [-0.1, -0.05) is 22.0 Å². The van der Waals surface area contributed by atoms with Crippen molar-refractivity contribution in [1.29, 1.82) is 0 Å². The SMILES string of the molecule is Cc1ccc(Nc2cccnc2N)cc1Br. The van der Waals surface area contributed by atoms with E-state index in [-0.39, 0.29) is 0 Å². The normalized spacial score (nSPS) is 10.1. The van der Waals surface area contributed by atoms with Crippen molar-refractivity contribution in [2.45, 2.75) is 6.92 Å². The topological polar surface area (TPSA) is 50.9 Å². The molecule has 0 amide bonds. The molecule has 3 nitrogen and oxygen atoms in total. The first-order valence-electron chi connectivity index (χ1n) is 4.90. The van der Waals surface area contributed by atoms with E-state index in [9.17, 15) is 0 Å². The number of nitrogens with two attached hydrogens (primary N) is 1. The molecule has 2 rings (SSSR count). The predicted octanol–water partition coefficient (Wildman–Crippen LogP) is 3.48. The van der Waals surface area contributed by atoms with Crippen molar-refractivity contribution in [3.8, 4) is 0 Å². The Kier molecular flexibility index (Phi) is 3.10. The van der Waals surface area contributed by atoms with Crippen LogP contribution in [0.1, 0.15) is 5.56 Å². The summed E-state index contributed by atoms with van der Waals surface area (Å²) in [6.45, 7) is 2.05. The summed E-state index contributed by atoms with van der Waals surface area (Å²) in [7, 11) is 0. The number of rotatable bonds is 2. The van der Waals surface area contributed by atoms with Gasteiger partial charge in [-0.25, -0.2) is 4.98 Å². The standard InChI is InChI=1S/C12H12BrN3/c1-8-4-5-9(7-10(8)13)16-11-3-2-6-15-12(11)14/h2-7,16H,1H3,(H2,14,15). The number of aromatic nitrogens is 1. The number of nitrogens with zero attached hydrogens (tertiary/aromatic N) is 1. The molecular weight excluding hydrogens is 266 g/mol. The lowest BCUT2D eigenvalue weighted by atomic mass is 10.2. The molecule has 0 fully saturated rings. The number of halogens is 1. The highest BCUT2D eigenvalue weighted by atomic mass is 79.9. The smallest absolute Gasteiger partial charge is 0.147 e. The number of hydrogen-bond acceptors (Lipinski definition) is 3. The first-order valence-corrected chi connectivity index (χ1v) is 5.70. The lowest BCUT2D eigenvalue weighted by molar-refractivity contribution is 1.33. The number of anilines is 3. The Morgan fingerprint density at radius 2 is 2.12 bits per heavy atom. The molecule has 82 valence electrons. The summed E-state index contributed by atoms with van der Waals surface area (Å²) in [5.41, 5.74) is 8.75. The van der Waals surface area contributed by atoms with Gasteiger partial charge in [-0.15, -0.1) is 0 Å². The van der Waals surface area contributed by atoms with E-state index in [4.69, 9.17) is 5.73 Å². The van der Waals surface area contributed by atoms with Gasteiger partial charge in [-0.05, 0) is 36.8 Å². The van der Waals surface area contributed by atoms with Crippen molar-refractivity contribution >= 4 is 33.1 Å². The van der Waals surface area contributed by atoms with E-state index in [1.165, 1.54) is 5.56 Å². The van der Waals surface area contributed by atoms with Crippen LogP contribution in [0.25, 0.3) is 0 Å². The van der Waals surface area contributed by atoms with Crippen molar-refractivity contribution in [1.82, 2.24) is 4.98 Å². The van der Waals surface area contributed by atoms with Crippen LogP contribution in [0.5, 0.6) is 0 Å². The Morgan fingerprint density at radius 3 is 2.81 bits per heavy atom. The molecule has 0 aliphatic rings. The van der Waals surface area contributed by atoms with Crippen LogP contribution in [0.15, 0.2) is 41.0 Å². The second kappa shape index (κ2) is 4.53. The van der Waals surface area contributed by atoms with Crippen molar-refractivity contribution < 1.29 is 0 Å². The van der Waals surface area contributed by atoms with Gasteiger partial charge >= 0.3 is 0 Å². The van der Waals surface area contributed by atoms with Crippen LogP contribution in [-0.4, -0.2) is 4.98 Å². The van der Waals surface area contributed by atoms with Gasteiger partial charge in [0.2, 0.25) is 0 Å². The number of benzene rings is 1. The zero-order chi connectivity index (χ0) is 11.5. The molecule has 0 spiro atoms. The maximum atomic E-state index is 5.75. The minimum Gasteiger partial charge on any atom is -0.382 e. The van der Waals surface area contributed by atoms with Crippen molar-refractivity contribution in [2.75, 3.05) is 11.1 Å². The highest BCUT2D eigenvalue weighted by Crippen LogP contribution is 2.25. The van der Waals surface area contributed by atoms with Crippen molar-refractivity contribution in [3.63, 3.8) is 0 Å². The number of hydrogen-bond donors (Lipinski definition) is 2. The molecule has 0 unspecified atom stereocenters. The largest absolute Gasteiger partial charge is 0.382 e. The molecule has 0 bridgehead atoms. The van der Waals surface area contributed by atoms with E-state index in [0.717, 1.165) is 15.8 Å². The average molecular weight is 278 g/mol. The van der Waals surface area contributed by atoms with E-state index in [1.54, 1.807) is 6.20 Å². The third-order valence-electron chi connectivity index (χ3n) is 2.29. The number of nitrogen functional groups attached to an aromatic ring is 1. The molecule has 1 aromatic heterocycles. The van der Waals surface area contributed by atoms with Crippen LogP contribution in [0.4, 0.5) is 17.2 Å². The molecule has 1 heterocycles. The van der Waals surface area contributed by atoms with E-state index in [2.05, 4.69) is 26.2 Å². The average Bonchev–Trinajstić information content (AvgIpc) is 2.27. The predicted molar refractivity (Wildman–Crippen MR) is 70.8 cm³/mol. The van der Waals surface area contributed by atoms with Crippen LogP contribution in [-0.2, 0) is 0 Å². The fourth-order valence-electron chi connectivity index (χ4n) is 1.35. The van der Waals surface area contributed by atoms with Crippen LogP contribution in [0.2, 0.25) is 0 Å². The van der Waals surface area contributed by atoms with Crippen LogP contribution < -0.4 is 11.1 Å². The molecule has 1 aromatic carbocycles. The third kappa shape index (κ3) is 2.33. The Labute approximate surface area is 103 Å². The van der Waals surface area contributed by atoms with E-state index < -0.39 is 0 Å². The lowest BCUT2D eigenvalue weighted by Gasteiger charge is -2.09. The van der Waals surface area contributed by atoms with Crippen LogP contribution in [0.3, 0.4) is 0 Å². The number of aryl methyl sites for hydroxylation is 1. The summed E-state index contributed by atoms with van der Waals surface area (Å²) in [5, 5.41) is 3.22. The van der Waals surface area contributed by atoms with Gasteiger partial charge in [0.1, 0.15) is 5.82 Å². The minimum atomic E-state index is 0.499. The van der Waals surface area contributed by atoms with Crippen LogP contribution in [0, 0.1) is 6.92 Å². The third-order valence-corrected chi connectivity index (χ3v) is 3.14. The molecule has 0 atom stereocenters. The van der Waals surface area contributed by atoms with Gasteiger partial charge in [0.05, 0.1) is 5.69 Å². The maximum Gasteiger partial charge on any atom is 0.147 e. The second-order valence-electron chi connectivity index (χ2n) is 3.53. The van der Waals surface area contributed by atoms with E-state index in [0.29, 0.717) is 5.82 Å². The number of pyridine rings is 1. The van der Waals surface area contributed by atoms with Gasteiger partial charge in [0.25, 0.3) is 0 Å². The minimum absolute atomic E-state index is 0.499. The Morgan fingerprint density at radius 1 is 1.31 bits per heavy atom. The van der Waals surface area contributed by atoms with E-state index in [1.807, 2.05) is 37.3 Å². The quantitative estimate of drug-likeness (QED) is 0.884. The van der Waals surface area contributed by atoms with Crippen LogP contribution >= 0.6 is 15.9 Å². The zero-order valence-corrected chi connectivity index (χ0v) is 10.5. The van der Waals surface area contributed by atoms with Crippen molar-refractivity contribution in [3.05, 3.63) is 46.6 Å². The van der Waals surface area contributed by atoms with Gasteiger partial charge in [-0.3, -0.25) is 0 Å². The summed E-state index contributed by atoms with van der Waals surface area (Å²) in [4.78, 5) is 4.02. The molecular formula is C12H12BrN3. The summed E-state index contributed by atoms with van der Waals surface area (Å²) in [6.07, 6.45) is 1.67. The lowest BCUT2D eigenvalue weighted by Crippen LogP contribution is -1.98. The molecule has 16 heavy (non-hydrogen) atoms. The molecule has 0 saturated carbocycles. The summed E-state index contributed by atoms with van der Waals surface area (Å²) >= 11 is 3.49. The second-order valence-corrected chi connectivity index (χ2v) is 4.38. The summed E-state index contributed by atoms with van der Waals surface area (Å²) in [6, 6.07) is 9.81. The summed E-state index contributed by atoms with van der Waals surface area (Å²) < 4.78 is 1.07. The van der Waals surface area contributed by atoms with Gasteiger partial charge in [0.15, 0.2) is 0 Å². The Hall–Kier alpha value is -1.55. The molecule has 0 radical (unpaired) electrons. The molecule has 0 aliphatic carbocycles. The zero-order valence-electron chi connectivity index (χ0n) is 8.87. The van der Waals surface area contributed by atoms with Gasteiger partial charge < -0.3 is 11.1 Å². The highest BCUT2D eigenvalue weighted by Gasteiger charge is 2.01. The fourth-order valence-corrected chi connectivity index (χ4v) is 1.73. The first-order chi connectivity index (χ1) is 7.66. The Bertz CT molecular complexity index is 511. The number of nitrogens with one attached hydrogen (secondary N) is 1. The summed E-state index contributed by atoms with van der Waals surface area (Å²) in [5.74, 6) is 0.499.